The normalized spacial score (nSPS) is 20.6. The molecular weight excluding hydrogens is 424 g/mol. The lowest BCUT2D eigenvalue weighted by atomic mass is 9.72. The van der Waals surface area contributed by atoms with E-state index < -0.39 is 0 Å². The van der Waals surface area contributed by atoms with Crippen LogP contribution in [0.3, 0.4) is 0 Å². The number of ether oxygens (including phenoxy) is 2. The summed E-state index contributed by atoms with van der Waals surface area (Å²) in [5, 5.41) is 4.75. The molecule has 0 fully saturated rings. The second kappa shape index (κ2) is 7.45. The van der Waals surface area contributed by atoms with E-state index in [1.54, 1.807) is 0 Å². The van der Waals surface area contributed by atoms with Crippen molar-refractivity contribution in [2.75, 3.05) is 12.1 Å². The van der Waals surface area contributed by atoms with Crippen LogP contribution in [0.4, 0.5) is 5.69 Å². The van der Waals surface area contributed by atoms with Crippen LogP contribution in [0.5, 0.6) is 11.5 Å². The molecule has 0 bridgehead atoms. The Morgan fingerprint density at radius 1 is 0.853 bits per heavy atom. The fourth-order valence-electron chi connectivity index (χ4n) is 5.63. The van der Waals surface area contributed by atoms with Gasteiger partial charge in [0.15, 0.2) is 17.3 Å². The summed E-state index contributed by atoms with van der Waals surface area (Å²) in [6, 6.07) is 24.3. The standard InChI is InChI=1S/C29H22N2O3/c32-24-14-19(17-5-2-1-3-6-17)13-21-27-20-7-4-12-30-22(20)9-10-23(27)31-29(28(21)24)18-8-11-25-26(15-18)34-16-33-25/h1-12,15,19,29,31H,13-14,16H2/t19-,29-/m0/s1. The largest absolute Gasteiger partial charge is 0.454 e. The molecule has 0 spiro atoms. The third-order valence-corrected chi connectivity index (χ3v) is 7.18. The molecule has 3 aromatic carbocycles. The topological polar surface area (TPSA) is 60.5 Å². The second-order valence-corrected chi connectivity index (χ2v) is 9.08. The third kappa shape index (κ3) is 2.93. The number of ketones is 1. The lowest BCUT2D eigenvalue weighted by Crippen LogP contribution is -2.29. The lowest BCUT2D eigenvalue weighted by molar-refractivity contribution is -0.116. The van der Waals surface area contributed by atoms with Crippen LogP contribution >= 0.6 is 0 Å². The molecule has 5 nitrogen and oxygen atoms in total. The molecule has 0 unspecified atom stereocenters. The van der Waals surface area contributed by atoms with Gasteiger partial charge in [0.1, 0.15) is 0 Å². The maximum Gasteiger partial charge on any atom is 0.231 e. The first-order valence-electron chi connectivity index (χ1n) is 11.6. The molecule has 3 aliphatic rings. The first-order valence-corrected chi connectivity index (χ1v) is 11.6. The summed E-state index contributed by atoms with van der Waals surface area (Å²) in [5.74, 6) is 1.81. The molecule has 34 heavy (non-hydrogen) atoms. The number of allylic oxidation sites excluding steroid dienone is 1. The number of hydrogen-bond acceptors (Lipinski definition) is 5. The van der Waals surface area contributed by atoms with Crippen LogP contribution in [0, 0.1) is 0 Å². The highest BCUT2D eigenvalue weighted by atomic mass is 16.7. The zero-order valence-corrected chi connectivity index (χ0v) is 18.5. The monoisotopic (exact) mass is 446 g/mol. The quantitative estimate of drug-likeness (QED) is 0.407. The van der Waals surface area contributed by atoms with Gasteiger partial charge in [-0.3, -0.25) is 9.78 Å². The van der Waals surface area contributed by atoms with Crippen LogP contribution in [0.1, 0.15) is 41.5 Å². The Morgan fingerprint density at radius 2 is 1.74 bits per heavy atom. The minimum absolute atomic E-state index is 0.155. The molecule has 0 saturated carbocycles. The van der Waals surface area contributed by atoms with Gasteiger partial charge >= 0.3 is 0 Å². The van der Waals surface area contributed by atoms with E-state index >= 15 is 0 Å². The van der Waals surface area contributed by atoms with E-state index in [1.807, 2.05) is 42.6 Å². The van der Waals surface area contributed by atoms with E-state index in [0.717, 1.165) is 56.8 Å². The zero-order chi connectivity index (χ0) is 22.6. The number of hydrogen-bond donors (Lipinski definition) is 1. The van der Waals surface area contributed by atoms with Crippen molar-refractivity contribution >= 4 is 27.9 Å². The summed E-state index contributed by atoms with van der Waals surface area (Å²) in [6.07, 6.45) is 3.13. The van der Waals surface area contributed by atoms with Gasteiger partial charge in [0.2, 0.25) is 6.79 Å². The van der Waals surface area contributed by atoms with Crippen LogP contribution < -0.4 is 14.8 Å². The number of carbonyl (C=O) groups is 1. The Balaban J connectivity index is 1.44. The number of rotatable bonds is 2. The van der Waals surface area contributed by atoms with Crippen LogP contribution in [0.2, 0.25) is 0 Å². The molecule has 4 aromatic rings. The van der Waals surface area contributed by atoms with E-state index in [2.05, 4.69) is 46.7 Å². The van der Waals surface area contributed by atoms with E-state index in [4.69, 9.17) is 9.47 Å². The zero-order valence-electron chi connectivity index (χ0n) is 18.5. The summed E-state index contributed by atoms with van der Waals surface area (Å²) < 4.78 is 11.1. The molecule has 3 heterocycles. The maximum atomic E-state index is 13.8. The predicted molar refractivity (Wildman–Crippen MR) is 131 cm³/mol. The number of nitrogens with one attached hydrogen (secondary N) is 1. The van der Waals surface area contributed by atoms with Crippen molar-refractivity contribution in [2.45, 2.75) is 24.8 Å². The van der Waals surface area contributed by atoms with Gasteiger partial charge in [0, 0.05) is 34.8 Å². The SMILES string of the molecule is O=C1C[C@@H](c2ccccc2)CC2=C1[C@H](c1ccc3c(c1)OCO3)Nc1ccc3ncccc3c12. The van der Waals surface area contributed by atoms with Crippen LogP contribution in [-0.2, 0) is 4.79 Å². The summed E-state index contributed by atoms with van der Waals surface area (Å²) in [7, 11) is 0. The van der Waals surface area contributed by atoms with Crippen molar-refractivity contribution in [2.24, 2.45) is 0 Å². The molecule has 0 amide bonds. The number of carbonyl (C=O) groups excluding carboxylic acids is 1. The summed E-state index contributed by atoms with van der Waals surface area (Å²) in [6.45, 7) is 0.227. The van der Waals surface area contributed by atoms with Crippen LogP contribution in [0.15, 0.2) is 84.6 Å². The Bertz CT molecular complexity index is 1490. The summed E-state index contributed by atoms with van der Waals surface area (Å²) in [4.78, 5) is 18.4. The van der Waals surface area contributed by atoms with Gasteiger partial charge in [-0.2, -0.15) is 0 Å². The molecule has 1 aromatic heterocycles. The first kappa shape index (κ1) is 19.4. The number of pyridine rings is 1. The summed E-state index contributed by atoms with van der Waals surface area (Å²) in [5.41, 5.74) is 7.26. The Kier molecular flexibility index (Phi) is 4.24. The third-order valence-electron chi connectivity index (χ3n) is 7.18. The van der Waals surface area contributed by atoms with Gasteiger partial charge in [-0.15, -0.1) is 0 Å². The molecule has 2 atom stereocenters. The van der Waals surface area contributed by atoms with Gasteiger partial charge in [-0.1, -0.05) is 42.5 Å². The van der Waals surface area contributed by atoms with E-state index in [0.29, 0.717) is 6.42 Å². The van der Waals surface area contributed by atoms with Crippen molar-refractivity contribution in [3.05, 3.63) is 101 Å². The smallest absolute Gasteiger partial charge is 0.231 e. The van der Waals surface area contributed by atoms with Gasteiger partial charge < -0.3 is 14.8 Å². The van der Waals surface area contributed by atoms with Crippen molar-refractivity contribution in [1.82, 2.24) is 4.98 Å². The molecule has 2 aliphatic heterocycles. The minimum atomic E-state index is -0.240. The van der Waals surface area contributed by atoms with E-state index in [1.165, 1.54) is 5.56 Å². The number of anilines is 1. The van der Waals surface area contributed by atoms with Gasteiger partial charge in [-0.05, 0) is 59.4 Å². The molecule has 7 rings (SSSR count). The van der Waals surface area contributed by atoms with Gasteiger partial charge in [0.25, 0.3) is 0 Å². The molecule has 1 aliphatic carbocycles. The Hall–Kier alpha value is -4.12. The molecule has 0 saturated heterocycles. The molecule has 5 heteroatoms. The van der Waals surface area contributed by atoms with E-state index in [-0.39, 0.29) is 24.5 Å². The van der Waals surface area contributed by atoms with Crippen molar-refractivity contribution in [3.63, 3.8) is 0 Å². The van der Waals surface area contributed by atoms with Gasteiger partial charge in [-0.25, -0.2) is 0 Å². The molecular formula is C29H22N2O3. The average molecular weight is 447 g/mol. The number of Topliss-reactive ketones (excluding diaryl/α,β-unsaturated/α-hetero) is 1. The molecule has 1 N–H and O–H groups in total. The molecule has 166 valence electrons. The highest BCUT2D eigenvalue weighted by Crippen LogP contribution is 2.51. The number of fused-ring (bicyclic) bond motifs is 5. The van der Waals surface area contributed by atoms with Crippen molar-refractivity contribution in [1.29, 1.82) is 0 Å². The maximum absolute atomic E-state index is 13.8. The predicted octanol–water partition coefficient (Wildman–Crippen LogP) is 6.03. The fourth-order valence-corrected chi connectivity index (χ4v) is 5.63. The summed E-state index contributed by atoms with van der Waals surface area (Å²) >= 11 is 0. The first-order chi connectivity index (χ1) is 16.8. The van der Waals surface area contributed by atoms with Crippen LogP contribution in [-0.4, -0.2) is 17.6 Å². The highest BCUT2D eigenvalue weighted by Gasteiger charge is 2.39. The lowest BCUT2D eigenvalue weighted by Gasteiger charge is -2.37. The Morgan fingerprint density at radius 3 is 2.65 bits per heavy atom. The molecule has 0 radical (unpaired) electrons. The minimum Gasteiger partial charge on any atom is -0.454 e. The van der Waals surface area contributed by atoms with Crippen molar-refractivity contribution < 1.29 is 14.3 Å². The number of nitrogens with zero attached hydrogens (tertiary/aromatic N) is 1. The van der Waals surface area contributed by atoms with Crippen LogP contribution in [0.25, 0.3) is 16.5 Å². The second-order valence-electron chi connectivity index (χ2n) is 9.08. The average Bonchev–Trinajstić information content (AvgIpc) is 3.36. The number of aromatic nitrogens is 1. The Labute approximate surface area is 197 Å². The van der Waals surface area contributed by atoms with Crippen molar-refractivity contribution in [3.8, 4) is 11.5 Å². The van der Waals surface area contributed by atoms with E-state index in [9.17, 15) is 4.79 Å². The fraction of sp³-hybridized carbons (Fsp3) is 0.172. The van der Waals surface area contributed by atoms with Gasteiger partial charge in [0.05, 0.1) is 11.6 Å². The highest BCUT2D eigenvalue weighted by molar-refractivity contribution is 6.12. The number of benzene rings is 3.